The van der Waals surface area contributed by atoms with Crippen molar-refractivity contribution >= 4 is 38.3 Å². The van der Waals surface area contributed by atoms with Gasteiger partial charge in [0.1, 0.15) is 0 Å². The molecule has 106 valence electrons. The van der Waals surface area contributed by atoms with Gasteiger partial charge in [-0.2, -0.15) is 0 Å². The number of benzene rings is 3. The summed E-state index contributed by atoms with van der Waals surface area (Å²) < 4.78 is 0. The highest BCUT2D eigenvalue weighted by Gasteiger charge is 2.14. The molecule has 0 radical (unpaired) electrons. The Labute approximate surface area is 138 Å². The smallest absolute Gasteiger partial charge is 0.0478 e. The summed E-state index contributed by atoms with van der Waals surface area (Å²) in [5, 5.41) is 3.46. The molecule has 0 saturated heterocycles. The highest BCUT2D eigenvalue weighted by Crippen LogP contribution is 2.35. The quantitative estimate of drug-likeness (QED) is 0.469. The lowest BCUT2D eigenvalue weighted by atomic mass is 9.98. The number of hydrogen-bond donors (Lipinski definition) is 0. The van der Waals surface area contributed by atoms with Crippen LogP contribution in [0.1, 0.15) is 21.5 Å². The molecule has 0 nitrogen and oxygen atoms in total. The number of aryl methyl sites for hydroxylation is 1. The van der Waals surface area contributed by atoms with Crippen LogP contribution in [-0.2, 0) is 6.42 Å². The van der Waals surface area contributed by atoms with Gasteiger partial charge in [-0.25, -0.2) is 0 Å². The van der Waals surface area contributed by atoms with Crippen molar-refractivity contribution in [1.82, 2.24) is 0 Å². The van der Waals surface area contributed by atoms with Crippen LogP contribution in [0.3, 0.4) is 0 Å². The van der Waals surface area contributed by atoms with Gasteiger partial charge in [0.05, 0.1) is 0 Å². The molecule has 0 saturated carbocycles. The van der Waals surface area contributed by atoms with Crippen LogP contribution in [0.25, 0.3) is 10.8 Å². The molecule has 0 aromatic heterocycles. The summed E-state index contributed by atoms with van der Waals surface area (Å²) in [6, 6.07) is 21.2. The second-order valence-corrected chi connectivity index (χ2v) is 6.77. The largest absolute Gasteiger partial charge is 0.0837 e. The van der Waals surface area contributed by atoms with E-state index in [4.69, 9.17) is 11.6 Å². The van der Waals surface area contributed by atoms with Gasteiger partial charge in [-0.3, -0.25) is 0 Å². The molecule has 0 bridgehead atoms. The van der Waals surface area contributed by atoms with Crippen molar-refractivity contribution in [2.45, 2.75) is 18.2 Å². The molecule has 1 atom stereocenters. The van der Waals surface area contributed by atoms with Crippen molar-refractivity contribution in [2.24, 2.45) is 0 Å². The first kappa shape index (κ1) is 14.6. The number of halogens is 2. The third-order valence-corrected chi connectivity index (χ3v) is 5.17. The average Bonchev–Trinajstić information content (AvgIpc) is 2.50. The van der Waals surface area contributed by atoms with E-state index in [1.807, 2.05) is 13.0 Å². The Kier molecular flexibility index (Phi) is 4.32. The highest BCUT2D eigenvalue weighted by molar-refractivity contribution is 9.09. The van der Waals surface area contributed by atoms with Crippen LogP contribution in [0, 0.1) is 6.92 Å². The average molecular weight is 360 g/mol. The number of fused-ring (bicyclic) bond motifs is 1. The van der Waals surface area contributed by atoms with Gasteiger partial charge in [0.15, 0.2) is 0 Å². The predicted molar refractivity (Wildman–Crippen MR) is 95.5 cm³/mol. The molecule has 0 aliphatic heterocycles. The van der Waals surface area contributed by atoms with E-state index in [1.54, 1.807) is 0 Å². The van der Waals surface area contributed by atoms with Gasteiger partial charge in [0, 0.05) is 9.85 Å². The maximum Gasteiger partial charge on any atom is 0.0478 e. The molecule has 0 aliphatic carbocycles. The zero-order valence-electron chi connectivity index (χ0n) is 11.8. The normalized spacial score (nSPS) is 12.5. The second-order valence-electron chi connectivity index (χ2n) is 5.29. The van der Waals surface area contributed by atoms with Gasteiger partial charge in [0.25, 0.3) is 0 Å². The molecule has 0 amide bonds. The van der Waals surface area contributed by atoms with Crippen LogP contribution < -0.4 is 0 Å². The van der Waals surface area contributed by atoms with Crippen LogP contribution in [0.2, 0.25) is 5.02 Å². The third kappa shape index (κ3) is 3.00. The number of rotatable bonds is 3. The van der Waals surface area contributed by atoms with Crippen molar-refractivity contribution in [3.05, 3.63) is 82.4 Å². The minimum Gasteiger partial charge on any atom is -0.0837 e. The van der Waals surface area contributed by atoms with Crippen LogP contribution in [0.15, 0.2) is 60.7 Å². The Morgan fingerprint density at radius 3 is 2.52 bits per heavy atom. The minimum atomic E-state index is 0.218. The first-order valence-corrected chi connectivity index (χ1v) is 8.32. The standard InChI is InChI=1S/C19H16BrCl/c1-13-6-4-11-17(19(13)21)18(20)12-15-9-5-8-14-7-2-3-10-16(14)15/h2-11,18H,12H2,1H3. The Hall–Kier alpha value is -1.31. The Bertz CT molecular complexity index is 774. The molecule has 21 heavy (non-hydrogen) atoms. The van der Waals surface area contributed by atoms with E-state index in [-0.39, 0.29) is 4.83 Å². The number of alkyl halides is 1. The van der Waals surface area contributed by atoms with Gasteiger partial charge >= 0.3 is 0 Å². The molecule has 3 aromatic carbocycles. The lowest BCUT2D eigenvalue weighted by molar-refractivity contribution is 0.955. The van der Waals surface area contributed by atoms with E-state index in [9.17, 15) is 0 Å². The van der Waals surface area contributed by atoms with E-state index in [0.29, 0.717) is 0 Å². The zero-order valence-corrected chi connectivity index (χ0v) is 14.2. The summed E-state index contributed by atoms with van der Waals surface area (Å²) in [5.41, 5.74) is 3.62. The summed E-state index contributed by atoms with van der Waals surface area (Å²) in [6.45, 7) is 2.05. The molecule has 0 N–H and O–H groups in total. The third-order valence-electron chi connectivity index (χ3n) is 3.84. The fourth-order valence-corrected chi connectivity index (χ4v) is 3.81. The number of hydrogen-bond acceptors (Lipinski definition) is 0. The van der Waals surface area contributed by atoms with E-state index in [1.165, 1.54) is 16.3 Å². The SMILES string of the molecule is Cc1cccc(C(Br)Cc2cccc3ccccc23)c1Cl. The Morgan fingerprint density at radius 2 is 1.67 bits per heavy atom. The first-order valence-electron chi connectivity index (χ1n) is 7.02. The fourth-order valence-electron chi connectivity index (χ4n) is 2.69. The zero-order chi connectivity index (χ0) is 14.8. The molecule has 3 aromatic rings. The monoisotopic (exact) mass is 358 g/mol. The van der Waals surface area contributed by atoms with Gasteiger partial charge in [-0.15, -0.1) is 0 Å². The molecule has 0 heterocycles. The van der Waals surface area contributed by atoms with Gasteiger partial charge in [-0.1, -0.05) is 88.2 Å². The van der Waals surface area contributed by atoms with E-state index >= 15 is 0 Å². The fraction of sp³-hybridized carbons (Fsp3) is 0.158. The second kappa shape index (κ2) is 6.21. The lowest BCUT2D eigenvalue weighted by Crippen LogP contribution is -1.98. The summed E-state index contributed by atoms with van der Waals surface area (Å²) in [6.07, 6.45) is 0.921. The van der Waals surface area contributed by atoms with Crippen molar-refractivity contribution in [3.63, 3.8) is 0 Å². The highest BCUT2D eigenvalue weighted by atomic mass is 79.9. The summed E-state index contributed by atoms with van der Waals surface area (Å²) in [4.78, 5) is 0.218. The summed E-state index contributed by atoms with van der Waals surface area (Å²) >= 11 is 10.3. The van der Waals surface area contributed by atoms with Crippen molar-refractivity contribution in [3.8, 4) is 0 Å². The Balaban J connectivity index is 1.97. The predicted octanol–water partition coefficient (Wildman–Crippen LogP) is 6.48. The molecular formula is C19H16BrCl. The van der Waals surface area contributed by atoms with Gasteiger partial charge in [-0.05, 0) is 40.8 Å². The van der Waals surface area contributed by atoms with E-state index < -0.39 is 0 Å². The first-order chi connectivity index (χ1) is 10.2. The Morgan fingerprint density at radius 1 is 0.952 bits per heavy atom. The summed E-state index contributed by atoms with van der Waals surface area (Å²) in [5.74, 6) is 0. The van der Waals surface area contributed by atoms with Crippen molar-refractivity contribution in [1.29, 1.82) is 0 Å². The molecular weight excluding hydrogens is 344 g/mol. The van der Waals surface area contributed by atoms with Crippen LogP contribution in [0.5, 0.6) is 0 Å². The lowest BCUT2D eigenvalue weighted by Gasteiger charge is -2.15. The van der Waals surface area contributed by atoms with Crippen LogP contribution >= 0.6 is 27.5 Å². The summed E-state index contributed by atoms with van der Waals surface area (Å²) in [7, 11) is 0. The van der Waals surface area contributed by atoms with Crippen molar-refractivity contribution in [2.75, 3.05) is 0 Å². The molecule has 3 rings (SSSR count). The minimum absolute atomic E-state index is 0.218. The maximum atomic E-state index is 6.44. The van der Waals surface area contributed by atoms with E-state index in [0.717, 1.165) is 22.6 Å². The van der Waals surface area contributed by atoms with Crippen LogP contribution in [-0.4, -0.2) is 0 Å². The molecule has 1 unspecified atom stereocenters. The molecule has 0 aliphatic rings. The molecule has 2 heteroatoms. The topological polar surface area (TPSA) is 0 Å². The van der Waals surface area contributed by atoms with Crippen molar-refractivity contribution < 1.29 is 0 Å². The van der Waals surface area contributed by atoms with Gasteiger partial charge in [0.2, 0.25) is 0 Å². The van der Waals surface area contributed by atoms with E-state index in [2.05, 4.69) is 70.5 Å². The molecule has 0 spiro atoms. The molecule has 0 fully saturated rings. The van der Waals surface area contributed by atoms with Crippen LogP contribution in [0.4, 0.5) is 0 Å². The maximum absolute atomic E-state index is 6.44. The van der Waals surface area contributed by atoms with Gasteiger partial charge < -0.3 is 0 Å².